The van der Waals surface area contributed by atoms with Gasteiger partial charge in [-0.1, -0.05) is 74.2 Å². The van der Waals surface area contributed by atoms with Crippen molar-refractivity contribution in [1.82, 2.24) is 19.7 Å². The first-order chi connectivity index (χ1) is 15.5. The summed E-state index contributed by atoms with van der Waals surface area (Å²) in [5, 5.41) is 13.1. The van der Waals surface area contributed by atoms with Gasteiger partial charge in [0.05, 0.1) is 11.4 Å². The molecule has 172 valence electrons. The maximum absolute atomic E-state index is 12.5. The highest BCUT2D eigenvalue weighted by molar-refractivity contribution is 7.99. The Morgan fingerprint density at radius 3 is 2.53 bits per heavy atom. The minimum absolute atomic E-state index is 0.0778. The number of amides is 1. The predicted molar refractivity (Wildman–Crippen MR) is 135 cm³/mol. The molecule has 0 atom stereocenters. The third-order valence-corrected chi connectivity index (χ3v) is 7.17. The van der Waals surface area contributed by atoms with Crippen LogP contribution in [-0.2, 0) is 17.8 Å². The second-order valence-electron chi connectivity index (χ2n) is 7.93. The summed E-state index contributed by atoms with van der Waals surface area (Å²) < 4.78 is 2.13. The molecule has 0 unspecified atom stereocenters. The fourth-order valence-corrected chi connectivity index (χ4v) is 5.20. The van der Waals surface area contributed by atoms with Crippen LogP contribution in [0, 0.1) is 13.8 Å². The molecule has 2 heterocycles. The summed E-state index contributed by atoms with van der Waals surface area (Å²) in [7, 11) is 0. The molecule has 8 heteroatoms. The standard InChI is InChI=1S/C24H33N5OS2/c1-5-7-8-9-10-11-20-27-28-24(29(20)6-2)31-16-21(30)25-23-26-22(18(4)32-23)19-14-12-17(3)13-15-19/h12-15H,5-11,16H2,1-4H3,(H,25,26,30). The maximum atomic E-state index is 12.5. The number of carbonyl (C=O) groups excluding carboxylic acids is 1. The van der Waals surface area contributed by atoms with Crippen LogP contribution in [0.5, 0.6) is 0 Å². The summed E-state index contributed by atoms with van der Waals surface area (Å²) in [5.41, 5.74) is 3.21. The van der Waals surface area contributed by atoms with Crippen LogP contribution in [0.25, 0.3) is 11.3 Å². The number of hydrogen-bond donors (Lipinski definition) is 1. The lowest BCUT2D eigenvalue weighted by Gasteiger charge is -2.07. The molecular formula is C24H33N5OS2. The number of rotatable bonds is 12. The molecule has 0 saturated heterocycles. The van der Waals surface area contributed by atoms with E-state index in [9.17, 15) is 4.79 Å². The van der Waals surface area contributed by atoms with Crippen molar-refractivity contribution < 1.29 is 4.79 Å². The topological polar surface area (TPSA) is 72.7 Å². The van der Waals surface area contributed by atoms with E-state index in [1.165, 1.54) is 54.3 Å². The second kappa shape index (κ2) is 12.2. The van der Waals surface area contributed by atoms with Crippen molar-refractivity contribution in [3.63, 3.8) is 0 Å². The van der Waals surface area contributed by atoms with E-state index in [1.54, 1.807) is 0 Å². The Kier molecular flexibility index (Phi) is 9.29. The van der Waals surface area contributed by atoms with Crippen LogP contribution < -0.4 is 5.32 Å². The summed E-state index contributed by atoms with van der Waals surface area (Å²) in [6.45, 7) is 9.24. The molecule has 0 radical (unpaired) electrons. The quantitative estimate of drug-likeness (QED) is 0.248. The molecule has 3 rings (SSSR count). The van der Waals surface area contributed by atoms with Crippen molar-refractivity contribution in [3.8, 4) is 11.3 Å². The first-order valence-corrected chi connectivity index (χ1v) is 13.2. The van der Waals surface area contributed by atoms with Crippen LogP contribution in [0.4, 0.5) is 5.13 Å². The summed E-state index contributed by atoms with van der Waals surface area (Å²) in [4.78, 5) is 18.3. The number of carbonyl (C=O) groups is 1. The van der Waals surface area contributed by atoms with Crippen molar-refractivity contribution in [2.75, 3.05) is 11.1 Å². The Labute approximate surface area is 199 Å². The number of aryl methyl sites for hydroxylation is 3. The smallest absolute Gasteiger partial charge is 0.236 e. The Morgan fingerprint density at radius 2 is 1.81 bits per heavy atom. The van der Waals surface area contributed by atoms with Crippen molar-refractivity contribution in [2.24, 2.45) is 0 Å². The van der Waals surface area contributed by atoms with Crippen LogP contribution >= 0.6 is 23.1 Å². The molecular weight excluding hydrogens is 438 g/mol. The van der Waals surface area contributed by atoms with Gasteiger partial charge in [-0.3, -0.25) is 4.79 Å². The van der Waals surface area contributed by atoms with E-state index < -0.39 is 0 Å². The molecule has 0 saturated carbocycles. The van der Waals surface area contributed by atoms with Gasteiger partial charge in [0.25, 0.3) is 0 Å². The first kappa shape index (κ1) is 24.5. The number of thioether (sulfide) groups is 1. The number of nitrogens with one attached hydrogen (secondary N) is 1. The number of nitrogens with zero attached hydrogens (tertiary/aromatic N) is 4. The molecule has 0 bridgehead atoms. The van der Waals surface area contributed by atoms with Crippen molar-refractivity contribution >= 4 is 34.1 Å². The Morgan fingerprint density at radius 1 is 1.06 bits per heavy atom. The normalized spacial score (nSPS) is 11.1. The van der Waals surface area contributed by atoms with Crippen molar-refractivity contribution in [2.45, 2.75) is 77.9 Å². The van der Waals surface area contributed by atoms with Gasteiger partial charge in [-0.2, -0.15) is 0 Å². The molecule has 6 nitrogen and oxygen atoms in total. The lowest BCUT2D eigenvalue weighted by molar-refractivity contribution is -0.113. The van der Waals surface area contributed by atoms with E-state index in [1.807, 2.05) is 6.92 Å². The average molecular weight is 472 g/mol. The van der Waals surface area contributed by atoms with E-state index in [0.717, 1.165) is 46.5 Å². The number of aromatic nitrogens is 4. The number of unbranched alkanes of at least 4 members (excludes halogenated alkanes) is 4. The zero-order valence-corrected chi connectivity index (χ0v) is 21.1. The van der Waals surface area contributed by atoms with E-state index in [-0.39, 0.29) is 11.7 Å². The second-order valence-corrected chi connectivity index (χ2v) is 10.1. The maximum Gasteiger partial charge on any atom is 0.236 e. The number of benzene rings is 1. The third-order valence-electron chi connectivity index (χ3n) is 5.31. The molecule has 3 aromatic rings. The highest BCUT2D eigenvalue weighted by Crippen LogP contribution is 2.30. The lowest BCUT2D eigenvalue weighted by Crippen LogP contribution is -2.14. The number of thiazole rings is 1. The number of anilines is 1. The zero-order valence-electron chi connectivity index (χ0n) is 19.5. The molecule has 0 aliphatic carbocycles. The summed E-state index contributed by atoms with van der Waals surface area (Å²) in [5.74, 6) is 1.23. The highest BCUT2D eigenvalue weighted by Gasteiger charge is 2.15. The van der Waals surface area contributed by atoms with E-state index in [2.05, 4.69) is 70.1 Å². The first-order valence-electron chi connectivity index (χ1n) is 11.4. The van der Waals surface area contributed by atoms with E-state index >= 15 is 0 Å². The fourth-order valence-electron chi connectivity index (χ4n) is 3.53. The van der Waals surface area contributed by atoms with Crippen LogP contribution in [-0.4, -0.2) is 31.4 Å². The van der Waals surface area contributed by atoms with Crippen LogP contribution in [0.2, 0.25) is 0 Å². The van der Waals surface area contributed by atoms with Gasteiger partial charge in [0.15, 0.2) is 10.3 Å². The van der Waals surface area contributed by atoms with Gasteiger partial charge in [-0.05, 0) is 27.2 Å². The summed E-state index contributed by atoms with van der Waals surface area (Å²) >= 11 is 2.93. The van der Waals surface area contributed by atoms with Gasteiger partial charge in [-0.25, -0.2) is 4.98 Å². The average Bonchev–Trinajstić information content (AvgIpc) is 3.35. The van der Waals surface area contributed by atoms with Crippen LogP contribution in [0.3, 0.4) is 0 Å². The minimum Gasteiger partial charge on any atom is -0.306 e. The molecule has 1 amide bonds. The minimum atomic E-state index is -0.0778. The van der Waals surface area contributed by atoms with E-state index in [0.29, 0.717) is 5.13 Å². The highest BCUT2D eigenvalue weighted by atomic mass is 32.2. The van der Waals surface area contributed by atoms with Crippen LogP contribution in [0.15, 0.2) is 29.4 Å². The lowest BCUT2D eigenvalue weighted by atomic mass is 10.1. The van der Waals surface area contributed by atoms with Gasteiger partial charge in [0, 0.05) is 23.4 Å². The molecule has 1 aromatic carbocycles. The monoisotopic (exact) mass is 471 g/mol. The molecule has 0 fully saturated rings. The Hall–Kier alpha value is -2.19. The van der Waals surface area contributed by atoms with Gasteiger partial charge in [0.2, 0.25) is 5.91 Å². The molecule has 1 N–H and O–H groups in total. The largest absolute Gasteiger partial charge is 0.306 e. The van der Waals surface area contributed by atoms with Gasteiger partial charge >= 0.3 is 0 Å². The Balaban J connectivity index is 1.54. The predicted octanol–water partition coefficient (Wildman–Crippen LogP) is 6.28. The Bertz CT molecular complexity index is 1010. The third kappa shape index (κ3) is 6.65. The van der Waals surface area contributed by atoms with E-state index in [4.69, 9.17) is 0 Å². The van der Waals surface area contributed by atoms with Crippen molar-refractivity contribution in [1.29, 1.82) is 0 Å². The molecule has 2 aromatic heterocycles. The molecule has 0 aliphatic heterocycles. The number of hydrogen-bond acceptors (Lipinski definition) is 6. The van der Waals surface area contributed by atoms with Gasteiger partial charge < -0.3 is 9.88 Å². The molecule has 32 heavy (non-hydrogen) atoms. The molecule has 0 spiro atoms. The van der Waals surface area contributed by atoms with Gasteiger partial charge in [-0.15, -0.1) is 21.5 Å². The zero-order chi connectivity index (χ0) is 22.9. The SMILES string of the molecule is CCCCCCCc1nnc(SCC(=O)Nc2nc(-c3ccc(C)cc3)c(C)s2)n1CC. The summed E-state index contributed by atoms with van der Waals surface area (Å²) in [6, 6.07) is 8.29. The van der Waals surface area contributed by atoms with Crippen molar-refractivity contribution in [3.05, 3.63) is 40.5 Å². The fraction of sp³-hybridized carbons (Fsp3) is 0.500. The van der Waals surface area contributed by atoms with Crippen LogP contribution in [0.1, 0.15) is 62.2 Å². The summed E-state index contributed by atoms with van der Waals surface area (Å²) in [6.07, 6.45) is 7.13. The molecule has 0 aliphatic rings. The van der Waals surface area contributed by atoms with Gasteiger partial charge in [0.1, 0.15) is 5.82 Å².